The third-order valence-corrected chi connectivity index (χ3v) is 3.66. The summed E-state index contributed by atoms with van der Waals surface area (Å²) in [5, 5.41) is 3.54. The van der Waals surface area contributed by atoms with E-state index in [0.29, 0.717) is 0 Å². The zero-order valence-electron chi connectivity index (χ0n) is 10.9. The number of benzene rings is 2. The van der Waals surface area contributed by atoms with E-state index in [1.165, 1.54) is 33.6 Å². The molecule has 0 saturated carbocycles. The van der Waals surface area contributed by atoms with Gasteiger partial charge in [-0.05, 0) is 59.4 Å². The molecule has 94 valence electrons. The molecule has 0 saturated heterocycles. The Morgan fingerprint density at radius 1 is 0.789 bits per heavy atom. The van der Waals surface area contributed by atoms with E-state index < -0.39 is 0 Å². The van der Waals surface area contributed by atoms with Crippen LogP contribution in [0.4, 0.5) is 11.4 Å². The number of hydrogen-bond acceptors (Lipinski definition) is 1. The first-order valence-electron chi connectivity index (χ1n) is 6.58. The number of nitrogens with one attached hydrogen (secondary N) is 1. The van der Waals surface area contributed by atoms with Crippen LogP contribution < -0.4 is 5.32 Å². The molecule has 0 amide bonds. The van der Waals surface area contributed by atoms with Gasteiger partial charge in [-0.15, -0.1) is 0 Å². The molecule has 0 spiro atoms. The summed E-state index contributed by atoms with van der Waals surface area (Å²) >= 11 is 0. The van der Waals surface area contributed by atoms with Gasteiger partial charge in [-0.3, -0.25) is 0 Å². The van der Waals surface area contributed by atoms with Crippen molar-refractivity contribution >= 4 is 23.5 Å². The van der Waals surface area contributed by atoms with Crippen molar-refractivity contribution in [3.8, 4) is 0 Å². The molecule has 1 heteroatoms. The highest BCUT2D eigenvalue weighted by atomic mass is 14.9. The molecule has 0 radical (unpaired) electrons. The van der Waals surface area contributed by atoms with E-state index in [1.54, 1.807) is 0 Å². The molecule has 0 atom stereocenters. The van der Waals surface area contributed by atoms with Crippen LogP contribution in [-0.4, -0.2) is 0 Å². The minimum absolute atomic E-state index is 1.05. The maximum atomic E-state index is 3.83. The lowest BCUT2D eigenvalue weighted by molar-refractivity contribution is 0.976. The molecule has 0 aliphatic carbocycles. The Bertz CT molecular complexity index is 595. The van der Waals surface area contributed by atoms with Crippen molar-refractivity contribution in [2.24, 2.45) is 0 Å². The van der Waals surface area contributed by atoms with E-state index >= 15 is 0 Å². The van der Waals surface area contributed by atoms with E-state index in [1.807, 2.05) is 12.2 Å². The molecule has 0 bridgehead atoms. The summed E-state index contributed by atoms with van der Waals surface area (Å²) in [7, 11) is 0. The lowest BCUT2D eigenvalue weighted by Crippen LogP contribution is -1.93. The highest BCUT2D eigenvalue weighted by Crippen LogP contribution is 2.31. The molecule has 0 unspecified atom stereocenters. The Hall–Kier alpha value is -2.28. The van der Waals surface area contributed by atoms with Gasteiger partial charge < -0.3 is 5.32 Å². The first-order chi connectivity index (χ1) is 9.30. The van der Waals surface area contributed by atoms with Crippen LogP contribution in [0.15, 0.2) is 49.6 Å². The summed E-state index contributed by atoms with van der Waals surface area (Å²) in [6, 6.07) is 12.9. The monoisotopic (exact) mass is 247 g/mol. The molecule has 1 nitrogen and oxygen atoms in total. The molecule has 1 aliphatic rings. The molecule has 2 aromatic carbocycles. The SMILES string of the molecule is C=Cc1ccc2c(c1)CCc1cc(C=C)ccc1N2. The molecular formula is C18H17N. The van der Waals surface area contributed by atoms with Crippen molar-refractivity contribution in [1.29, 1.82) is 0 Å². The van der Waals surface area contributed by atoms with Crippen molar-refractivity contribution in [2.75, 3.05) is 5.32 Å². The number of aryl methyl sites for hydroxylation is 2. The topological polar surface area (TPSA) is 12.0 Å². The maximum absolute atomic E-state index is 3.83. The van der Waals surface area contributed by atoms with E-state index in [-0.39, 0.29) is 0 Å². The first kappa shape index (κ1) is 11.8. The van der Waals surface area contributed by atoms with E-state index in [4.69, 9.17) is 0 Å². The van der Waals surface area contributed by atoms with Crippen molar-refractivity contribution in [3.05, 3.63) is 71.8 Å². The molecule has 1 heterocycles. The van der Waals surface area contributed by atoms with Crippen molar-refractivity contribution in [2.45, 2.75) is 12.8 Å². The van der Waals surface area contributed by atoms with Crippen molar-refractivity contribution in [1.82, 2.24) is 0 Å². The predicted octanol–water partition coefficient (Wildman–Crippen LogP) is 4.81. The molecule has 3 rings (SSSR count). The second-order valence-electron chi connectivity index (χ2n) is 4.87. The fourth-order valence-electron chi connectivity index (χ4n) is 2.55. The molecule has 0 fully saturated rings. The number of anilines is 2. The second-order valence-corrected chi connectivity index (χ2v) is 4.87. The van der Waals surface area contributed by atoms with Crippen LogP contribution >= 0.6 is 0 Å². The summed E-state index contributed by atoms with van der Waals surface area (Å²) < 4.78 is 0. The van der Waals surface area contributed by atoms with Gasteiger partial charge >= 0.3 is 0 Å². The van der Waals surface area contributed by atoms with Gasteiger partial charge in [0.15, 0.2) is 0 Å². The normalized spacial score (nSPS) is 12.6. The van der Waals surface area contributed by atoms with Gasteiger partial charge in [0.25, 0.3) is 0 Å². The molecule has 19 heavy (non-hydrogen) atoms. The fourth-order valence-corrected chi connectivity index (χ4v) is 2.55. The van der Waals surface area contributed by atoms with Crippen LogP contribution in [0.1, 0.15) is 22.3 Å². The van der Waals surface area contributed by atoms with E-state index in [2.05, 4.69) is 54.9 Å². The highest BCUT2D eigenvalue weighted by molar-refractivity contribution is 5.71. The highest BCUT2D eigenvalue weighted by Gasteiger charge is 2.12. The summed E-state index contributed by atoms with van der Waals surface area (Å²) in [5.74, 6) is 0. The zero-order chi connectivity index (χ0) is 13.2. The van der Waals surface area contributed by atoms with Gasteiger partial charge in [-0.1, -0.05) is 37.4 Å². The van der Waals surface area contributed by atoms with E-state index in [9.17, 15) is 0 Å². The Morgan fingerprint density at radius 2 is 1.26 bits per heavy atom. The Balaban J connectivity index is 2.03. The van der Waals surface area contributed by atoms with Gasteiger partial charge in [-0.2, -0.15) is 0 Å². The largest absolute Gasteiger partial charge is 0.355 e. The van der Waals surface area contributed by atoms with Crippen LogP contribution in [-0.2, 0) is 12.8 Å². The van der Waals surface area contributed by atoms with Crippen LogP contribution in [0.3, 0.4) is 0 Å². The molecule has 2 aromatic rings. The predicted molar refractivity (Wildman–Crippen MR) is 83.8 cm³/mol. The quantitative estimate of drug-likeness (QED) is 0.802. The maximum Gasteiger partial charge on any atom is 0.0417 e. The van der Waals surface area contributed by atoms with E-state index in [0.717, 1.165) is 12.8 Å². The first-order valence-corrected chi connectivity index (χ1v) is 6.58. The third-order valence-electron chi connectivity index (χ3n) is 3.66. The minimum atomic E-state index is 1.05. The van der Waals surface area contributed by atoms with Crippen molar-refractivity contribution < 1.29 is 0 Å². The second kappa shape index (κ2) is 4.77. The van der Waals surface area contributed by atoms with Crippen LogP contribution in [0, 0.1) is 0 Å². The summed E-state index contributed by atoms with van der Waals surface area (Å²) in [5.41, 5.74) is 7.48. The smallest absolute Gasteiger partial charge is 0.0417 e. The molecule has 1 aliphatic heterocycles. The fraction of sp³-hybridized carbons (Fsp3) is 0.111. The lowest BCUT2D eigenvalue weighted by Gasteiger charge is -2.10. The van der Waals surface area contributed by atoms with Gasteiger partial charge in [0.1, 0.15) is 0 Å². The summed E-state index contributed by atoms with van der Waals surface area (Å²) in [6.45, 7) is 7.67. The lowest BCUT2D eigenvalue weighted by atomic mass is 10.0. The number of hydrogen-bond donors (Lipinski definition) is 1. The molecule has 0 aromatic heterocycles. The zero-order valence-corrected chi connectivity index (χ0v) is 10.9. The van der Waals surface area contributed by atoms with Gasteiger partial charge in [0.05, 0.1) is 0 Å². The van der Waals surface area contributed by atoms with Crippen LogP contribution in [0.5, 0.6) is 0 Å². The third kappa shape index (κ3) is 2.19. The summed E-state index contributed by atoms with van der Waals surface area (Å²) in [6.07, 6.45) is 5.90. The molecular weight excluding hydrogens is 230 g/mol. The van der Waals surface area contributed by atoms with Crippen molar-refractivity contribution in [3.63, 3.8) is 0 Å². The Labute approximate surface area is 114 Å². The van der Waals surface area contributed by atoms with Gasteiger partial charge in [0, 0.05) is 11.4 Å². The average Bonchev–Trinajstić information content (AvgIpc) is 2.64. The van der Waals surface area contributed by atoms with Crippen LogP contribution in [0.2, 0.25) is 0 Å². The van der Waals surface area contributed by atoms with Gasteiger partial charge in [0.2, 0.25) is 0 Å². The average molecular weight is 247 g/mol. The van der Waals surface area contributed by atoms with Crippen LogP contribution in [0.25, 0.3) is 12.2 Å². The minimum Gasteiger partial charge on any atom is -0.355 e. The molecule has 1 N–H and O–H groups in total. The van der Waals surface area contributed by atoms with Gasteiger partial charge in [-0.25, -0.2) is 0 Å². The Morgan fingerprint density at radius 3 is 1.68 bits per heavy atom. The standard InChI is InChI=1S/C18H17N/c1-3-13-5-9-17-15(11-13)7-8-16-12-14(4-2)6-10-18(16)19-17/h3-6,9-12,19H,1-2,7-8H2. The summed E-state index contributed by atoms with van der Waals surface area (Å²) in [4.78, 5) is 0. The Kier molecular flexibility index (Phi) is 2.96. The number of fused-ring (bicyclic) bond motifs is 2. The number of rotatable bonds is 2.